The maximum absolute atomic E-state index is 2.45. The highest BCUT2D eigenvalue weighted by molar-refractivity contribution is 6.25. The molecule has 0 fully saturated rings. The molecule has 13 aromatic rings. The molecule has 0 saturated carbocycles. The molecule has 0 N–H and O–H groups in total. The summed E-state index contributed by atoms with van der Waals surface area (Å²) >= 11 is 0. The fourth-order valence-electron chi connectivity index (χ4n) is 10.4. The van der Waals surface area contributed by atoms with E-state index in [4.69, 9.17) is 0 Å². The Balaban J connectivity index is 0.959. The van der Waals surface area contributed by atoms with Crippen LogP contribution in [0.2, 0.25) is 0 Å². The molecule has 0 atom stereocenters. The van der Waals surface area contributed by atoms with Gasteiger partial charge in [-0.1, -0.05) is 182 Å². The van der Waals surface area contributed by atoms with Gasteiger partial charge >= 0.3 is 0 Å². The maximum Gasteiger partial charge on any atom is 0.0541 e. The van der Waals surface area contributed by atoms with Gasteiger partial charge in [0, 0.05) is 33.2 Å². The SMILES string of the molecule is c1cc(-c2ccccc2-c2ccc3c(c2)c2ccccc2n3-c2ccc3c4ccccc4c4ccccc4c3c2)cc(N(c2ccc3ccccc3c2)c2cccc3ccccc23)c1. The quantitative estimate of drug-likeness (QED) is 0.152. The second-order valence-corrected chi connectivity index (χ2v) is 16.9. The molecule has 2 nitrogen and oxygen atoms in total. The third-order valence-electron chi connectivity index (χ3n) is 13.3. The zero-order valence-corrected chi connectivity index (χ0v) is 35.0. The molecule has 1 heterocycles. The minimum Gasteiger partial charge on any atom is -0.310 e. The second kappa shape index (κ2) is 14.6. The number of benzene rings is 12. The number of hydrogen-bond acceptors (Lipinski definition) is 1. The molecule has 0 spiro atoms. The number of rotatable bonds is 6. The summed E-state index contributed by atoms with van der Waals surface area (Å²) in [4.78, 5) is 2.42. The molecule has 2 heteroatoms. The minimum atomic E-state index is 1.11. The molecule has 0 aliphatic carbocycles. The molecule has 12 aromatic carbocycles. The van der Waals surface area contributed by atoms with Crippen LogP contribution in [-0.4, -0.2) is 4.57 Å². The number of para-hydroxylation sites is 1. The molecule has 298 valence electrons. The van der Waals surface area contributed by atoms with Crippen molar-refractivity contribution in [2.75, 3.05) is 4.90 Å². The predicted molar refractivity (Wildman–Crippen MR) is 274 cm³/mol. The Hall–Kier alpha value is -8.46. The lowest BCUT2D eigenvalue weighted by Crippen LogP contribution is -2.10. The highest BCUT2D eigenvalue weighted by atomic mass is 15.1. The van der Waals surface area contributed by atoms with Gasteiger partial charge in [0.2, 0.25) is 0 Å². The van der Waals surface area contributed by atoms with Crippen molar-refractivity contribution in [1.82, 2.24) is 4.57 Å². The van der Waals surface area contributed by atoms with Crippen LogP contribution in [0.3, 0.4) is 0 Å². The summed E-state index contributed by atoms with van der Waals surface area (Å²) in [6.45, 7) is 0. The van der Waals surface area contributed by atoms with E-state index in [1.807, 2.05) is 0 Å². The van der Waals surface area contributed by atoms with Gasteiger partial charge in [-0.2, -0.15) is 0 Å². The summed E-state index contributed by atoms with van der Waals surface area (Å²) in [7, 11) is 0. The van der Waals surface area contributed by atoms with E-state index in [1.54, 1.807) is 0 Å². The topological polar surface area (TPSA) is 8.17 Å². The third-order valence-corrected chi connectivity index (χ3v) is 13.3. The van der Waals surface area contributed by atoms with Crippen LogP contribution < -0.4 is 4.90 Å². The van der Waals surface area contributed by atoms with Crippen LogP contribution in [0.25, 0.3) is 104 Å². The van der Waals surface area contributed by atoms with Crippen molar-refractivity contribution < 1.29 is 0 Å². The Morgan fingerprint density at radius 3 is 1.58 bits per heavy atom. The van der Waals surface area contributed by atoms with Crippen LogP contribution in [-0.2, 0) is 0 Å². The number of aromatic nitrogens is 1. The standard InChI is InChI=1S/C62H40N2/c1-2-17-43-37-47(33-31-41(43)15-1)63(60-30-14-18-42-16-3-4-23-51(42)60)46-20-13-19-44(38-46)49-21-5-6-22-50(49)45-32-36-62-59(39-45)57-28-11-12-29-61(57)64(62)48-34-35-56-54-26-8-7-24-52(54)53-25-9-10-27-55(53)58(56)40-48/h1-40H. The average Bonchev–Trinajstić information content (AvgIpc) is 3.70. The lowest BCUT2D eigenvalue weighted by Gasteiger charge is -2.28. The molecule has 0 bridgehead atoms. The first-order valence-corrected chi connectivity index (χ1v) is 22.1. The first-order chi connectivity index (χ1) is 31.7. The monoisotopic (exact) mass is 812 g/mol. The van der Waals surface area contributed by atoms with Crippen molar-refractivity contribution in [2.24, 2.45) is 0 Å². The van der Waals surface area contributed by atoms with Crippen LogP contribution in [0.4, 0.5) is 17.1 Å². The molecular formula is C62H40N2. The van der Waals surface area contributed by atoms with E-state index in [1.165, 1.54) is 92.4 Å². The average molecular weight is 813 g/mol. The van der Waals surface area contributed by atoms with Crippen LogP contribution in [0.1, 0.15) is 0 Å². The summed E-state index contributed by atoms with van der Waals surface area (Å²) in [6, 6.07) is 89.1. The molecule has 64 heavy (non-hydrogen) atoms. The van der Waals surface area contributed by atoms with E-state index in [-0.39, 0.29) is 0 Å². The van der Waals surface area contributed by atoms with Gasteiger partial charge in [-0.3, -0.25) is 0 Å². The summed E-state index contributed by atoms with van der Waals surface area (Å²) in [6.07, 6.45) is 0. The molecule has 1 aromatic heterocycles. The van der Waals surface area contributed by atoms with E-state index in [0.29, 0.717) is 0 Å². The van der Waals surface area contributed by atoms with Gasteiger partial charge in [-0.25, -0.2) is 0 Å². The molecule has 0 amide bonds. The van der Waals surface area contributed by atoms with Crippen molar-refractivity contribution in [1.29, 1.82) is 0 Å². The van der Waals surface area contributed by atoms with Gasteiger partial charge in [0.25, 0.3) is 0 Å². The third kappa shape index (κ3) is 5.73. The zero-order valence-electron chi connectivity index (χ0n) is 35.0. The number of anilines is 3. The van der Waals surface area contributed by atoms with Crippen LogP contribution in [0.15, 0.2) is 243 Å². The van der Waals surface area contributed by atoms with E-state index in [9.17, 15) is 0 Å². The summed E-state index contributed by atoms with van der Waals surface area (Å²) in [5, 5.41) is 15.0. The van der Waals surface area contributed by atoms with Crippen molar-refractivity contribution in [2.45, 2.75) is 0 Å². The van der Waals surface area contributed by atoms with Crippen LogP contribution in [0.5, 0.6) is 0 Å². The Kier molecular flexibility index (Phi) is 8.25. The van der Waals surface area contributed by atoms with Crippen molar-refractivity contribution in [3.63, 3.8) is 0 Å². The second-order valence-electron chi connectivity index (χ2n) is 16.9. The van der Waals surface area contributed by atoms with E-state index >= 15 is 0 Å². The van der Waals surface area contributed by atoms with Crippen LogP contribution >= 0.6 is 0 Å². The predicted octanol–water partition coefficient (Wildman–Crippen LogP) is 17.4. The van der Waals surface area contributed by atoms with Gasteiger partial charge in [0.1, 0.15) is 0 Å². The summed E-state index contributed by atoms with van der Waals surface area (Å²) < 4.78 is 2.45. The van der Waals surface area contributed by atoms with Crippen molar-refractivity contribution >= 4 is 92.7 Å². The Morgan fingerprint density at radius 2 is 0.812 bits per heavy atom. The fourth-order valence-corrected chi connectivity index (χ4v) is 10.4. The lowest BCUT2D eigenvalue weighted by atomic mass is 9.93. The number of nitrogens with zero attached hydrogens (tertiary/aromatic N) is 2. The van der Waals surface area contributed by atoms with Gasteiger partial charge in [-0.05, 0) is 131 Å². The highest BCUT2D eigenvalue weighted by Crippen LogP contribution is 2.44. The van der Waals surface area contributed by atoms with Crippen LogP contribution in [0, 0.1) is 0 Å². The number of fused-ring (bicyclic) bond motifs is 11. The molecule has 13 rings (SSSR count). The zero-order chi connectivity index (χ0) is 42.1. The largest absolute Gasteiger partial charge is 0.310 e. The minimum absolute atomic E-state index is 1.11. The van der Waals surface area contributed by atoms with E-state index < -0.39 is 0 Å². The van der Waals surface area contributed by atoms with Gasteiger partial charge in [0.15, 0.2) is 0 Å². The first-order valence-electron chi connectivity index (χ1n) is 22.1. The molecule has 0 saturated heterocycles. The summed E-state index contributed by atoms with van der Waals surface area (Å²) in [5.74, 6) is 0. The fraction of sp³-hybridized carbons (Fsp3) is 0. The van der Waals surface area contributed by atoms with Crippen molar-refractivity contribution in [3.05, 3.63) is 243 Å². The molecule has 0 radical (unpaired) electrons. The lowest BCUT2D eigenvalue weighted by molar-refractivity contribution is 1.19. The molecule has 0 unspecified atom stereocenters. The van der Waals surface area contributed by atoms with E-state index in [0.717, 1.165) is 28.3 Å². The van der Waals surface area contributed by atoms with Crippen molar-refractivity contribution in [3.8, 4) is 27.9 Å². The van der Waals surface area contributed by atoms with Gasteiger partial charge in [-0.15, -0.1) is 0 Å². The van der Waals surface area contributed by atoms with E-state index in [2.05, 4.69) is 252 Å². The normalized spacial score (nSPS) is 11.8. The smallest absolute Gasteiger partial charge is 0.0541 e. The highest BCUT2D eigenvalue weighted by Gasteiger charge is 2.19. The first kappa shape index (κ1) is 36.2. The number of hydrogen-bond donors (Lipinski definition) is 0. The molecule has 0 aliphatic heterocycles. The Labute approximate surface area is 371 Å². The molecular weight excluding hydrogens is 773 g/mol. The van der Waals surface area contributed by atoms with Gasteiger partial charge in [0.05, 0.1) is 16.7 Å². The maximum atomic E-state index is 2.45. The molecule has 0 aliphatic rings. The Morgan fingerprint density at radius 1 is 0.266 bits per heavy atom. The summed E-state index contributed by atoms with van der Waals surface area (Å²) in [5.41, 5.74) is 11.7. The Bertz CT molecular complexity index is 3940. The van der Waals surface area contributed by atoms with Gasteiger partial charge < -0.3 is 9.47 Å².